The minimum absolute atomic E-state index is 0.150. The number of carbonyl (C=O) groups excluding carboxylic acids is 1. The van der Waals surface area contributed by atoms with E-state index in [-0.39, 0.29) is 18.3 Å². The van der Waals surface area contributed by atoms with Gasteiger partial charge in [0.15, 0.2) is 11.5 Å². The third-order valence-electron chi connectivity index (χ3n) is 7.09. The molecule has 1 aromatic carbocycles. The average Bonchev–Trinajstić information content (AvgIpc) is 3.64. The molecule has 214 valence electrons. The fourth-order valence-electron chi connectivity index (χ4n) is 4.98. The van der Waals surface area contributed by atoms with Crippen LogP contribution in [0.15, 0.2) is 60.1 Å². The summed E-state index contributed by atoms with van der Waals surface area (Å²) in [7, 11) is 0. The molecule has 12 heteroatoms. The maximum Gasteiger partial charge on any atom is 0.434 e. The van der Waals surface area contributed by atoms with Crippen LogP contribution in [0, 0.1) is 0 Å². The number of hydrogen-bond acceptors (Lipinski definition) is 6. The molecule has 4 aromatic rings. The van der Waals surface area contributed by atoms with E-state index in [9.17, 15) is 27.9 Å². The lowest BCUT2D eigenvalue weighted by molar-refractivity contribution is -0.143. The Hall–Kier alpha value is -4.19. The van der Waals surface area contributed by atoms with Crippen molar-refractivity contribution in [1.82, 2.24) is 19.7 Å². The molecule has 1 N–H and O–H groups in total. The molecule has 3 aromatic heterocycles. The molecule has 1 amide bonds. The third kappa shape index (κ3) is 6.12. The fourth-order valence-corrected chi connectivity index (χ4v) is 5.86. The molecule has 8 nitrogen and oxygen atoms in total. The molecule has 0 aliphatic carbocycles. The van der Waals surface area contributed by atoms with Crippen LogP contribution in [0.2, 0.25) is 0 Å². The van der Waals surface area contributed by atoms with Crippen molar-refractivity contribution in [2.24, 2.45) is 0 Å². The molecule has 1 saturated heterocycles. The summed E-state index contributed by atoms with van der Waals surface area (Å²) >= 11 is 1.37. The number of likely N-dealkylation sites (tertiary alicyclic amines) is 1. The van der Waals surface area contributed by atoms with Crippen LogP contribution in [-0.2, 0) is 17.6 Å². The summed E-state index contributed by atoms with van der Waals surface area (Å²) in [5.41, 5.74) is 0.0891. The number of aromatic carboxylic acids is 1. The van der Waals surface area contributed by atoms with Gasteiger partial charge in [-0.1, -0.05) is 25.1 Å². The smallest absolute Gasteiger partial charge is 0.434 e. The zero-order chi connectivity index (χ0) is 29.1. The molecule has 0 bridgehead atoms. The molecular formula is C29H27F3N4O4S. The number of alkyl halides is 3. The largest absolute Gasteiger partial charge is 0.489 e. The Bertz CT molecular complexity index is 1540. The van der Waals surface area contributed by atoms with Gasteiger partial charge in [0.2, 0.25) is 5.91 Å². The molecule has 0 atom stereocenters. The summed E-state index contributed by atoms with van der Waals surface area (Å²) in [6, 6.07) is 14.4. The number of benzene rings is 1. The van der Waals surface area contributed by atoms with Gasteiger partial charge < -0.3 is 14.7 Å². The van der Waals surface area contributed by atoms with Crippen LogP contribution in [-0.4, -0.2) is 49.7 Å². The number of halogens is 3. The first-order valence-corrected chi connectivity index (χ1v) is 14.0. The number of carboxylic acids is 1. The number of aromatic nitrogens is 3. The van der Waals surface area contributed by atoms with Gasteiger partial charge in [0, 0.05) is 25.1 Å². The number of pyridine rings is 1. The van der Waals surface area contributed by atoms with Crippen molar-refractivity contribution in [1.29, 1.82) is 0 Å². The van der Waals surface area contributed by atoms with E-state index in [1.165, 1.54) is 23.0 Å². The molecule has 0 unspecified atom stereocenters. The Kier molecular flexibility index (Phi) is 8.11. The zero-order valence-electron chi connectivity index (χ0n) is 22.1. The Morgan fingerprint density at radius 2 is 1.83 bits per heavy atom. The quantitative estimate of drug-likeness (QED) is 0.257. The molecule has 41 heavy (non-hydrogen) atoms. The summed E-state index contributed by atoms with van der Waals surface area (Å²) in [6.45, 7) is 3.64. The van der Waals surface area contributed by atoms with Gasteiger partial charge in [-0.15, -0.1) is 11.3 Å². The lowest BCUT2D eigenvalue weighted by Gasteiger charge is -2.32. The maximum atomic E-state index is 13.7. The SMILES string of the molecule is CCC(=O)N1CCC(c2ccc(OCc3ccsc3-c3cccc(-n4ncc(C(=O)O)c4C(F)(F)F)n3)cc2)CC1. The third-order valence-corrected chi connectivity index (χ3v) is 8.07. The summed E-state index contributed by atoms with van der Waals surface area (Å²) in [5.74, 6) is -0.603. The van der Waals surface area contributed by atoms with Crippen LogP contribution in [0.1, 0.15) is 59.3 Å². The molecule has 4 heterocycles. The highest BCUT2D eigenvalue weighted by Crippen LogP contribution is 2.35. The van der Waals surface area contributed by atoms with Crippen molar-refractivity contribution in [2.75, 3.05) is 13.1 Å². The highest BCUT2D eigenvalue weighted by atomic mass is 32.1. The second kappa shape index (κ2) is 11.7. The number of hydrogen-bond donors (Lipinski definition) is 1. The zero-order valence-corrected chi connectivity index (χ0v) is 22.9. The van der Waals surface area contributed by atoms with E-state index in [0.29, 0.717) is 34.7 Å². The van der Waals surface area contributed by atoms with Gasteiger partial charge in [0.1, 0.15) is 17.9 Å². The molecule has 5 rings (SSSR count). The van der Waals surface area contributed by atoms with Gasteiger partial charge >= 0.3 is 12.1 Å². The number of nitrogens with zero attached hydrogens (tertiary/aromatic N) is 4. The number of ether oxygens (including phenoxy) is 1. The monoisotopic (exact) mass is 584 g/mol. The van der Waals surface area contributed by atoms with Crippen LogP contribution >= 0.6 is 11.3 Å². The van der Waals surface area contributed by atoms with E-state index < -0.39 is 23.4 Å². The Morgan fingerprint density at radius 1 is 1.10 bits per heavy atom. The number of rotatable bonds is 8. The van der Waals surface area contributed by atoms with Crippen molar-refractivity contribution in [3.63, 3.8) is 0 Å². The van der Waals surface area contributed by atoms with Gasteiger partial charge in [-0.25, -0.2) is 14.5 Å². The van der Waals surface area contributed by atoms with Crippen molar-refractivity contribution in [3.05, 3.63) is 82.5 Å². The van der Waals surface area contributed by atoms with E-state index in [0.717, 1.165) is 36.4 Å². The predicted octanol–water partition coefficient (Wildman–Crippen LogP) is 6.41. The summed E-state index contributed by atoms with van der Waals surface area (Å²) in [4.78, 5) is 30.3. The van der Waals surface area contributed by atoms with Gasteiger partial charge in [-0.05, 0) is 60.0 Å². The molecule has 1 aliphatic heterocycles. The number of carbonyl (C=O) groups is 2. The average molecular weight is 585 g/mol. The minimum atomic E-state index is -4.94. The normalized spacial score (nSPS) is 14.3. The van der Waals surface area contributed by atoms with Gasteiger partial charge in [0.25, 0.3) is 0 Å². The van der Waals surface area contributed by atoms with Crippen LogP contribution in [0.4, 0.5) is 13.2 Å². The van der Waals surface area contributed by atoms with E-state index in [1.54, 1.807) is 12.1 Å². The Morgan fingerprint density at radius 3 is 2.49 bits per heavy atom. The standard InChI is InChI=1S/C29H27F3N4O4S/c1-2-25(37)35-13-10-19(11-14-35)18-6-8-21(9-7-18)40-17-20-12-15-41-26(20)23-4-3-5-24(34-23)36-27(29(30,31)32)22(16-33-36)28(38)39/h3-9,12,15-16,19H,2,10-11,13-14,17H2,1H3,(H,38,39). The van der Waals surface area contributed by atoms with Crippen LogP contribution in [0.3, 0.4) is 0 Å². The predicted molar refractivity (Wildman–Crippen MR) is 146 cm³/mol. The molecule has 0 saturated carbocycles. The van der Waals surface area contributed by atoms with Crippen molar-refractivity contribution in [2.45, 2.75) is 44.9 Å². The fraction of sp³-hybridized carbons (Fsp3) is 0.310. The first kappa shape index (κ1) is 28.3. The first-order chi connectivity index (χ1) is 19.7. The number of carboxylic acid groups (broad SMARTS) is 1. The molecule has 1 aliphatic rings. The van der Waals surface area contributed by atoms with E-state index >= 15 is 0 Å². The van der Waals surface area contributed by atoms with Crippen molar-refractivity contribution >= 4 is 23.2 Å². The van der Waals surface area contributed by atoms with Gasteiger partial charge in [0.05, 0.1) is 16.8 Å². The minimum Gasteiger partial charge on any atom is -0.489 e. The lowest BCUT2D eigenvalue weighted by atomic mass is 9.89. The highest BCUT2D eigenvalue weighted by Gasteiger charge is 2.41. The Labute approximate surface area is 238 Å². The summed E-state index contributed by atoms with van der Waals surface area (Å²) in [6.07, 6.45) is -1.88. The summed E-state index contributed by atoms with van der Waals surface area (Å²) < 4.78 is 47.6. The van der Waals surface area contributed by atoms with Crippen molar-refractivity contribution in [3.8, 4) is 22.1 Å². The van der Waals surface area contributed by atoms with Crippen LogP contribution in [0.5, 0.6) is 5.75 Å². The topological polar surface area (TPSA) is 97.6 Å². The molecular weight excluding hydrogens is 557 g/mol. The molecule has 1 fully saturated rings. The number of thiophene rings is 1. The number of piperidine rings is 1. The van der Waals surface area contributed by atoms with Crippen LogP contribution < -0.4 is 4.74 Å². The first-order valence-electron chi connectivity index (χ1n) is 13.1. The van der Waals surface area contributed by atoms with Gasteiger partial charge in [-0.2, -0.15) is 18.3 Å². The second-order valence-corrected chi connectivity index (χ2v) is 10.6. The van der Waals surface area contributed by atoms with Crippen LogP contribution in [0.25, 0.3) is 16.4 Å². The Balaban J connectivity index is 1.28. The molecule has 0 radical (unpaired) electrons. The van der Waals surface area contributed by atoms with E-state index in [2.05, 4.69) is 10.1 Å². The van der Waals surface area contributed by atoms with E-state index in [1.807, 2.05) is 47.5 Å². The second-order valence-electron chi connectivity index (χ2n) is 9.64. The highest BCUT2D eigenvalue weighted by molar-refractivity contribution is 7.13. The maximum absolute atomic E-state index is 13.7. The van der Waals surface area contributed by atoms with E-state index in [4.69, 9.17) is 4.74 Å². The van der Waals surface area contributed by atoms with Crippen molar-refractivity contribution < 1.29 is 32.6 Å². The summed E-state index contributed by atoms with van der Waals surface area (Å²) in [5, 5.41) is 14.7. The lowest BCUT2D eigenvalue weighted by Crippen LogP contribution is -2.37. The van der Waals surface area contributed by atoms with Gasteiger partial charge in [-0.3, -0.25) is 4.79 Å². The molecule has 0 spiro atoms. The number of amides is 1.